The number of hydroxylamine groups is 2. The van der Waals surface area contributed by atoms with Gasteiger partial charge in [0.25, 0.3) is 5.91 Å². The van der Waals surface area contributed by atoms with Gasteiger partial charge in [-0.2, -0.15) is 0 Å². The Morgan fingerprint density at radius 3 is 2.69 bits per heavy atom. The minimum atomic E-state index is -0.454. The first-order valence-corrected chi connectivity index (χ1v) is 9.55. The van der Waals surface area contributed by atoms with E-state index in [1.54, 1.807) is 23.8 Å². The highest BCUT2D eigenvalue weighted by molar-refractivity contribution is 5.95. The zero-order chi connectivity index (χ0) is 20.2. The van der Waals surface area contributed by atoms with Gasteiger partial charge in [-0.25, -0.2) is 5.48 Å². The molecule has 1 saturated carbocycles. The van der Waals surface area contributed by atoms with Crippen molar-refractivity contribution in [2.75, 3.05) is 0 Å². The Balaban J connectivity index is 1.41. The molecule has 2 aromatic rings. The van der Waals surface area contributed by atoms with Crippen LogP contribution < -0.4 is 16.3 Å². The fourth-order valence-electron chi connectivity index (χ4n) is 3.78. The highest BCUT2D eigenvalue weighted by Crippen LogP contribution is 2.28. The predicted octanol–water partition coefficient (Wildman–Crippen LogP) is 2.10. The Kier molecular flexibility index (Phi) is 5.55. The molecule has 2 aliphatic rings. The van der Waals surface area contributed by atoms with Crippen LogP contribution in [0.15, 0.2) is 54.7 Å². The van der Waals surface area contributed by atoms with E-state index in [2.05, 4.69) is 15.8 Å². The van der Waals surface area contributed by atoms with Gasteiger partial charge < -0.3 is 5.32 Å². The van der Waals surface area contributed by atoms with Gasteiger partial charge in [0.2, 0.25) is 5.91 Å². The molecule has 8 heteroatoms. The summed E-state index contributed by atoms with van der Waals surface area (Å²) in [6.07, 6.45) is 5.57. The molecule has 4 rings (SSSR count). The van der Waals surface area contributed by atoms with Crippen molar-refractivity contribution >= 4 is 17.5 Å². The Morgan fingerprint density at radius 1 is 1.14 bits per heavy atom. The third-order valence-electron chi connectivity index (χ3n) is 5.34. The van der Waals surface area contributed by atoms with Crippen molar-refractivity contribution < 1.29 is 19.6 Å². The van der Waals surface area contributed by atoms with Crippen LogP contribution in [0.25, 0.3) is 5.70 Å². The minimum absolute atomic E-state index is 0.241. The number of hydrogen-bond acceptors (Lipinski definition) is 6. The molecular weight excluding hydrogens is 372 g/mol. The van der Waals surface area contributed by atoms with Crippen LogP contribution in [0.5, 0.6) is 0 Å². The summed E-state index contributed by atoms with van der Waals surface area (Å²) in [6, 6.07) is 12.5. The number of rotatable bonds is 5. The van der Waals surface area contributed by atoms with E-state index < -0.39 is 11.8 Å². The lowest BCUT2D eigenvalue weighted by Crippen LogP contribution is -2.43. The van der Waals surface area contributed by atoms with E-state index >= 15 is 0 Å². The zero-order valence-corrected chi connectivity index (χ0v) is 15.7. The van der Waals surface area contributed by atoms with Gasteiger partial charge >= 0.3 is 0 Å². The van der Waals surface area contributed by atoms with Crippen LogP contribution in [0.1, 0.15) is 47.0 Å². The number of carbonyl (C=O) groups excluding carboxylic acids is 2. The highest BCUT2D eigenvalue weighted by atomic mass is 16.7. The lowest BCUT2D eigenvalue weighted by molar-refractivity contribution is -0.133. The second-order valence-corrected chi connectivity index (χ2v) is 7.15. The maximum atomic E-state index is 12.6. The maximum Gasteiger partial charge on any atom is 0.251 e. The Bertz CT molecular complexity index is 914. The van der Waals surface area contributed by atoms with Crippen molar-refractivity contribution in [3.8, 4) is 0 Å². The minimum Gasteiger partial charge on any atom is -0.349 e. The number of nitrogens with one attached hydrogen (secondary N) is 3. The molecule has 1 fully saturated rings. The zero-order valence-electron chi connectivity index (χ0n) is 15.7. The van der Waals surface area contributed by atoms with Crippen molar-refractivity contribution in [1.82, 2.24) is 21.3 Å². The van der Waals surface area contributed by atoms with E-state index in [4.69, 9.17) is 10.0 Å². The van der Waals surface area contributed by atoms with Crippen LogP contribution in [0.2, 0.25) is 0 Å². The first kappa shape index (κ1) is 19.1. The van der Waals surface area contributed by atoms with Crippen LogP contribution in [0.4, 0.5) is 0 Å². The number of hydrogen-bond donors (Lipinski definition) is 4. The molecular formula is C21H22N4O4. The third-order valence-corrected chi connectivity index (χ3v) is 5.34. The smallest absolute Gasteiger partial charge is 0.251 e. The fourth-order valence-corrected chi connectivity index (χ4v) is 3.78. The number of aromatic nitrogens is 1. The lowest BCUT2D eigenvalue weighted by Gasteiger charge is -2.19. The molecule has 29 heavy (non-hydrogen) atoms. The van der Waals surface area contributed by atoms with Crippen LogP contribution in [-0.4, -0.2) is 28.0 Å². The van der Waals surface area contributed by atoms with Gasteiger partial charge in [0.05, 0.1) is 17.3 Å². The summed E-state index contributed by atoms with van der Waals surface area (Å²) >= 11 is 0. The van der Waals surface area contributed by atoms with Crippen molar-refractivity contribution in [2.45, 2.75) is 31.4 Å². The van der Waals surface area contributed by atoms with E-state index in [1.807, 2.05) is 36.4 Å². The molecule has 2 heterocycles. The molecule has 0 saturated heterocycles. The molecule has 4 N–H and O–H groups in total. The van der Waals surface area contributed by atoms with Gasteiger partial charge in [-0.15, -0.1) is 0 Å². The summed E-state index contributed by atoms with van der Waals surface area (Å²) in [5, 5.41) is 11.8. The summed E-state index contributed by atoms with van der Waals surface area (Å²) < 4.78 is 0. The standard InChI is InChI=1S/C21H22N4O4/c26-20(23-16-6-3-4-15(16)21(27)24-28)14-9-7-13(8-10-14)19-12-18(25-29-19)17-5-1-2-11-22-17/h1-2,5,7-12,15-16,19,25,28H,3-4,6H2,(H,23,26)(H,24,27). The molecule has 150 valence electrons. The normalized spacial score (nSPS) is 23.2. The van der Waals surface area contributed by atoms with Gasteiger partial charge in [-0.1, -0.05) is 24.6 Å². The lowest BCUT2D eigenvalue weighted by atomic mass is 10.0. The molecule has 1 aliphatic carbocycles. The number of nitrogens with zero attached hydrogens (tertiary/aromatic N) is 1. The van der Waals surface area contributed by atoms with Crippen molar-refractivity contribution in [2.24, 2.45) is 5.92 Å². The predicted molar refractivity (Wildman–Crippen MR) is 104 cm³/mol. The average molecular weight is 394 g/mol. The quantitative estimate of drug-likeness (QED) is 0.456. The number of pyridine rings is 1. The van der Waals surface area contributed by atoms with E-state index in [0.29, 0.717) is 18.4 Å². The SMILES string of the molecule is O=C(NC1CCCC1C(=O)NO)c1ccc(C2C=C(c3ccccn3)NO2)cc1. The van der Waals surface area contributed by atoms with Crippen molar-refractivity contribution in [3.63, 3.8) is 0 Å². The number of benzene rings is 1. The molecule has 1 aromatic carbocycles. The Hall–Kier alpha value is -3.23. The van der Waals surface area contributed by atoms with E-state index in [9.17, 15) is 9.59 Å². The second kappa shape index (κ2) is 8.42. The van der Waals surface area contributed by atoms with E-state index in [0.717, 1.165) is 23.4 Å². The third kappa shape index (κ3) is 4.13. The topological polar surface area (TPSA) is 113 Å². The summed E-state index contributed by atoms with van der Waals surface area (Å²) in [4.78, 5) is 34.2. The maximum absolute atomic E-state index is 12.6. The van der Waals surface area contributed by atoms with Crippen LogP contribution >= 0.6 is 0 Å². The van der Waals surface area contributed by atoms with Gasteiger partial charge in [-0.05, 0) is 48.7 Å². The Morgan fingerprint density at radius 2 is 1.97 bits per heavy atom. The van der Waals surface area contributed by atoms with Crippen LogP contribution in [0.3, 0.4) is 0 Å². The first-order chi connectivity index (χ1) is 14.2. The molecule has 8 nitrogen and oxygen atoms in total. The van der Waals surface area contributed by atoms with Gasteiger partial charge in [-0.3, -0.25) is 30.1 Å². The Labute approximate surface area is 167 Å². The number of amides is 2. The first-order valence-electron chi connectivity index (χ1n) is 9.55. The molecule has 1 aromatic heterocycles. The summed E-state index contributed by atoms with van der Waals surface area (Å²) in [6.45, 7) is 0. The molecule has 1 aliphatic heterocycles. The molecule has 0 spiro atoms. The highest BCUT2D eigenvalue weighted by Gasteiger charge is 2.34. The largest absolute Gasteiger partial charge is 0.349 e. The van der Waals surface area contributed by atoms with Gasteiger partial charge in [0.15, 0.2) is 0 Å². The fraction of sp³-hybridized carbons (Fsp3) is 0.286. The van der Waals surface area contributed by atoms with Crippen molar-refractivity contribution in [1.29, 1.82) is 0 Å². The summed E-state index contributed by atoms with van der Waals surface area (Å²) in [7, 11) is 0. The van der Waals surface area contributed by atoms with E-state index in [-0.39, 0.29) is 18.1 Å². The second-order valence-electron chi connectivity index (χ2n) is 7.15. The van der Waals surface area contributed by atoms with E-state index in [1.165, 1.54) is 0 Å². The van der Waals surface area contributed by atoms with Gasteiger partial charge in [0.1, 0.15) is 6.10 Å². The summed E-state index contributed by atoms with van der Waals surface area (Å²) in [5.74, 6) is -1.10. The number of carbonyl (C=O) groups is 2. The molecule has 2 amide bonds. The van der Waals surface area contributed by atoms with Crippen LogP contribution in [-0.2, 0) is 9.63 Å². The molecule has 3 atom stereocenters. The van der Waals surface area contributed by atoms with Crippen LogP contribution in [0, 0.1) is 5.92 Å². The van der Waals surface area contributed by atoms with Crippen molar-refractivity contribution in [3.05, 3.63) is 71.6 Å². The molecule has 0 radical (unpaired) electrons. The molecule has 3 unspecified atom stereocenters. The summed E-state index contributed by atoms with van der Waals surface area (Å²) in [5.41, 5.74) is 7.57. The average Bonchev–Trinajstić information content (AvgIpc) is 3.44. The monoisotopic (exact) mass is 394 g/mol. The molecule has 0 bridgehead atoms. The van der Waals surface area contributed by atoms with Gasteiger partial charge in [0, 0.05) is 17.8 Å².